The van der Waals surface area contributed by atoms with E-state index in [0.717, 1.165) is 12.8 Å². The largest absolute Gasteiger partial charge is 0.442 e. The van der Waals surface area contributed by atoms with Gasteiger partial charge in [0.2, 0.25) is 5.71 Å². The first-order chi connectivity index (χ1) is 16.3. The minimum atomic E-state index is -0.972. The number of aromatic nitrogens is 2. The number of aryl methyl sites for hydroxylation is 1. The highest BCUT2D eigenvalue weighted by Crippen LogP contribution is 2.45. The van der Waals surface area contributed by atoms with Crippen LogP contribution in [0.5, 0.6) is 0 Å². The molecule has 0 radical (unpaired) electrons. The molecule has 4 heterocycles. The number of hydrogen-bond acceptors (Lipinski definition) is 7. The van der Waals surface area contributed by atoms with Crippen molar-refractivity contribution in [1.82, 2.24) is 14.9 Å². The molecule has 1 saturated carbocycles. The third-order valence-electron chi connectivity index (χ3n) is 7.15. The van der Waals surface area contributed by atoms with E-state index < -0.39 is 17.5 Å². The number of ether oxygens (including phenoxy) is 1. The molecule has 1 aliphatic carbocycles. The van der Waals surface area contributed by atoms with Crippen molar-refractivity contribution in [3.8, 4) is 0 Å². The van der Waals surface area contributed by atoms with Crippen LogP contribution in [0.1, 0.15) is 54.3 Å². The fourth-order valence-electron chi connectivity index (χ4n) is 4.97. The Bertz CT molecular complexity index is 1340. The number of likely N-dealkylation sites (tertiary alicyclic amines) is 1. The molecule has 2 N–H and O–H groups in total. The molecule has 34 heavy (non-hydrogen) atoms. The second-order valence-electron chi connectivity index (χ2n) is 9.61. The molecule has 1 aromatic carbocycles. The molecule has 2 fully saturated rings. The third kappa shape index (κ3) is 3.27. The van der Waals surface area contributed by atoms with E-state index in [4.69, 9.17) is 9.15 Å². The summed E-state index contributed by atoms with van der Waals surface area (Å²) in [6, 6.07) is 4.24. The van der Waals surface area contributed by atoms with E-state index in [1.165, 1.54) is 18.5 Å². The molecule has 176 valence electrons. The average molecular weight is 465 g/mol. The Morgan fingerprint density at radius 1 is 1.21 bits per heavy atom. The van der Waals surface area contributed by atoms with Gasteiger partial charge in [-0.2, -0.15) is 0 Å². The summed E-state index contributed by atoms with van der Waals surface area (Å²) in [5.41, 5.74) is 0.934. The molecule has 1 spiro atoms. The number of furan rings is 1. The first kappa shape index (κ1) is 20.9. The Balaban J connectivity index is 1.30. The van der Waals surface area contributed by atoms with Gasteiger partial charge < -0.3 is 19.4 Å². The molecule has 1 saturated heterocycles. The van der Waals surface area contributed by atoms with Crippen LogP contribution in [0.4, 0.5) is 20.7 Å². The summed E-state index contributed by atoms with van der Waals surface area (Å²) in [4.78, 5) is 36.2. The number of carbonyl (C=O) groups excluding carboxylic acids is 2. The van der Waals surface area contributed by atoms with Crippen LogP contribution in [0.2, 0.25) is 0 Å². The predicted molar refractivity (Wildman–Crippen MR) is 121 cm³/mol. The molecule has 2 aromatic heterocycles. The van der Waals surface area contributed by atoms with E-state index in [-0.39, 0.29) is 11.4 Å². The van der Waals surface area contributed by atoms with Crippen LogP contribution >= 0.6 is 0 Å². The number of benzene rings is 1. The standard InChI is InChI=1S/C24H24FN5O4/c1-13-17(18-19(29-23(2)5-6-23)26-12-27-20(18)33-13)21(31)30-9-7-24(8-10-30)15-11-14(25)3-4-16(15)28-22(32)34-24/h3-4,11-12H,5-10H2,1-2H3,(H,28,32)(H,26,27,29). The fraction of sp³-hybridized carbons (Fsp3) is 0.417. The van der Waals surface area contributed by atoms with Gasteiger partial charge in [0.1, 0.15) is 29.3 Å². The number of piperidine rings is 1. The van der Waals surface area contributed by atoms with E-state index in [2.05, 4.69) is 27.5 Å². The lowest BCUT2D eigenvalue weighted by molar-refractivity contribution is -0.0333. The van der Waals surface area contributed by atoms with Crippen LogP contribution in [0.3, 0.4) is 0 Å². The van der Waals surface area contributed by atoms with Gasteiger partial charge in [-0.1, -0.05) is 0 Å². The maximum absolute atomic E-state index is 14.0. The van der Waals surface area contributed by atoms with E-state index in [1.54, 1.807) is 17.9 Å². The molecule has 2 aliphatic heterocycles. The van der Waals surface area contributed by atoms with E-state index in [0.29, 0.717) is 65.4 Å². The van der Waals surface area contributed by atoms with Crippen LogP contribution in [-0.2, 0) is 10.3 Å². The van der Waals surface area contributed by atoms with Gasteiger partial charge in [-0.05, 0) is 44.9 Å². The number of anilines is 2. The molecular weight excluding hydrogens is 441 g/mol. The van der Waals surface area contributed by atoms with Gasteiger partial charge in [-0.15, -0.1) is 0 Å². The van der Waals surface area contributed by atoms with Crippen molar-refractivity contribution in [2.75, 3.05) is 23.7 Å². The first-order valence-electron chi connectivity index (χ1n) is 11.4. The van der Waals surface area contributed by atoms with Gasteiger partial charge in [0, 0.05) is 37.0 Å². The lowest BCUT2D eigenvalue weighted by Gasteiger charge is -2.44. The average Bonchev–Trinajstić information content (AvgIpc) is 3.42. The normalized spacial score (nSPS) is 20.0. The molecule has 0 bridgehead atoms. The van der Waals surface area contributed by atoms with Crippen molar-refractivity contribution < 1.29 is 23.1 Å². The summed E-state index contributed by atoms with van der Waals surface area (Å²) in [5.74, 6) is 0.478. The van der Waals surface area contributed by atoms with Gasteiger partial charge in [0.15, 0.2) is 0 Å². The van der Waals surface area contributed by atoms with Crippen LogP contribution in [-0.4, -0.2) is 45.5 Å². The van der Waals surface area contributed by atoms with Crippen molar-refractivity contribution in [2.24, 2.45) is 0 Å². The summed E-state index contributed by atoms with van der Waals surface area (Å²) in [6.45, 7) is 4.53. The van der Waals surface area contributed by atoms with Crippen molar-refractivity contribution in [1.29, 1.82) is 0 Å². The van der Waals surface area contributed by atoms with E-state index >= 15 is 0 Å². The molecular formula is C24H24FN5O4. The predicted octanol–water partition coefficient (Wildman–Crippen LogP) is 4.33. The fourth-order valence-corrected chi connectivity index (χ4v) is 4.97. The Morgan fingerprint density at radius 2 is 1.97 bits per heavy atom. The van der Waals surface area contributed by atoms with Gasteiger partial charge >= 0.3 is 6.09 Å². The summed E-state index contributed by atoms with van der Waals surface area (Å²) >= 11 is 0. The number of hydrogen-bond donors (Lipinski definition) is 2. The molecule has 9 nitrogen and oxygen atoms in total. The third-order valence-corrected chi connectivity index (χ3v) is 7.15. The van der Waals surface area contributed by atoms with Crippen molar-refractivity contribution in [3.05, 3.63) is 47.2 Å². The topological polar surface area (TPSA) is 110 Å². The molecule has 3 aromatic rings. The molecule has 3 aliphatic rings. The van der Waals surface area contributed by atoms with Gasteiger partial charge in [0.25, 0.3) is 5.91 Å². The zero-order valence-corrected chi connectivity index (χ0v) is 18.9. The van der Waals surface area contributed by atoms with Crippen molar-refractivity contribution >= 4 is 34.6 Å². The maximum Gasteiger partial charge on any atom is 0.412 e. The zero-order valence-electron chi connectivity index (χ0n) is 18.9. The summed E-state index contributed by atoms with van der Waals surface area (Å²) in [6.07, 6.45) is 3.64. The summed E-state index contributed by atoms with van der Waals surface area (Å²) in [7, 11) is 0. The Morgan fingerprint density at radius 3 is 2.71 bits per heavy atom. The number of nitrogens with zero attached hydrogens (tertiary/aromatic N) is 3. The van der Waals surface area contributed by atoms with Crippen LogP contribution in [0, 0.1) is 12.7 Å². The molecule has 6 rings (SSSR count). The molecule has 0 atom stereocenters. The lowest BCUT2D eigenvalue weighted by atomic mass is 9.82. The Kier molecular flexibility index (Phi) is 4.39. The molecule has 2 amide bonds. The Labute approximate surface area is 194 Å². The zero-order chi connectivity index (χ0) is 23.7. The SMILES string of the molecule is Cc1oc2ncnc(NC3(C)CC3)c2c1C(=O)N1CCC2(CC1)OC(=O)Nc1ccc(F)cc12. The summed E-state index contributed by atoms with van der Waals surface area (Å²) < 4.78 is 25.5. The quantitative estimate of drug-likeness (QED) is 0.593. The minimum Gasteiger partial charge on any atom is -0.442 e. The first-order valence-corrected chi connectivity index (χ1v) is 11.4. The van der Waals surface area contributed by atoms with Crippen molar-refractivity contribution in [2.45, 2.75) is 50.7 Å². The number of fused-ring (bicyclic) bond motifs is 3. The summed E-state index contributed by atoms with van der Waals surface area (Å²) in [5, 5.41) is 6.65. The van der Waals surface area contributed by atoms with Crippen LogP contribution < -0.4 is 10.6 Å². The van der Waals surface area contributed by atoms with Crippen LogP contribution in [0.15, 0.2) is 28.9 Å². The monoisotopic (exact) mass is 465 g/mol. The number of nitrogens with one attached hydrogen (secondary N) is 2. The second-order valence-corrected chi connectivity index (χ2v) is 9.61. The van der Waals surface area contributed by atoms with Crippen LogP contribution in [0.25, 0.3) is 11.1 Å². The minimum absolute atomic E-state index is 0.0359. The van der Waals surface area contributed by atoms with Gasteiger partial charge in [0.05, 0.1) is 16.6 Å². The Hall–Kier alpha value is -3.69. The molecule has 0 unspecified atom stereocenters. The highest BCUT2D eigenvalue weighted by atomic mass is 19.1. The maximum atomic E-state index is 14.0. The smallest absolute Gasteiger partial charge is 0.412 e. The van der Waals surface area contributed by atoms with Gasteiger partial charge in [-0.3, -0.25) is 10.1 Å². The van der Waals surface area contributed by atoms with E-state index in [9.17, 15) is 14.0 Å². The van der Waals surface area contributed by atoms with E-state index in [1.807, 2.05) is 0 Å². The molecule has 10 heteroatoms. The number of amides is 2. The van der Waals surface area contributed by atoms with Crippen molar-refractivity contribution in [3.63, 3.8) is 0 Å². The number of carbonyl (C=O) groups is 2. The number of halogens is 1. The number of rotatable bonds is 3. The highest BCUT2D eigenvalue weighted by Gasteiger charge is 2.46. The van der Waals surface area contributed by atoms with Gasteiger partial charge in [-0.25, -0.2) is 19.2 Å². The second kappa shape index (κ2) is 7.15. The lowest BCUT2D eigenvalue weighted by Crippen LogP contribution is -2.49. The highest BCUT2D eigenvalue weighted by molar-refractivity contribution is 6.10.